The number of carbonyl (C=O) groups is 2. The van der Waals surface area contributed by atoms with Crippen molar-refractivity contribution in [3.63, 3.8) is 0 Å². The lowest BCUT2D eigenvalue weighted by Crippen LogP contribution is -2.32. The molecule has 2 aromatic rings. The highest BCUT2D eigenvalue weighted by Gasteiger charge is 2.23. The van der Waals surface area contributed by atoms with E-state index in [9.17, 15) is 19.7 Å². The Balaban J connectivity index is 1.62. The van der Waals surface area contributed by atoms with Gasteiger partial charge < -0.3 is 15.4 Å². The van der Waals surface area contributed by atoms with E-state index in [-0.39, 0.29) is 11.6 Å². The quantitative estimate of drug-likeness (QED) is 0.597. The van der Waals surface area contributed by atoms with Gasteiger partial charge in [0.15, 0.2) is 0 Å². The second-order valence-electron chi connectivity index (χ2n) is 5.98. The van der Waals surface area contributed by atoms with E-state index in [4.69, 9.17) is 4.74 Å². The summed E-state index contributed by atoms with van der Waals surface area (Å²) in [4.78, 5) is 35.7. The molecule has 2 aromatic carbocycles. The molecule has 1 aliphatic heterocycles. The van der Waals surface area contributed by atoms with Gasteiger partial charge in [0.25, 0.3) is 5.69 Å². The number of anilines is 3. The van der Waals surface area contributed by atoms with E-state index in [0.29, 0.717) is 30.2 Å². The molecule has 2 N–H and O–H groups in total. The largest absolute Gasteiger partial charge is 0.447 e. The van der Waals surface area contributed by atoms with Crippen molar-refractivity contribution in [3.8, 4) is 0 Å². The Hall–Kier alpha value is -3.62. The molecule has 1 fully saturated rings. The van der Waals surface area contributed by atoms with Crippen LogP contribution >= 0.6 is 0 Å². The molecule has 9 heteroatoms. The molecule has 0 spiro atoms. The fraction of sp³-hybridized carbons (Fsp3) is 0.222. The SMILES string of the molecule is CC(Nc1cccc(N2CCOC2=O)c1)C(=O)Nc1ccc([N+](=O)[O-])cc1. The first kappa shape index (κ1) is 18.2. The Kier molecular flexibility index (Phi) is 5.20. The maximum absolute atomic E-state index is 12.3. The number of carbonyl (C=O) groups excluding carboxylic acids is 2. The number of nitro groups is 1. The summed E-state index contributed by atoms with van der Waals surface area (Å²) in [5.41, 5.74) is 1.79. The molecular formula is C18H18N4O5. The molecule has 9 nitrogen and oxygen atoms in total. The first-order valence-corrected chi connectivity index (χ1v) is 8.30. The Morgan fingerprint density at radius 2 is 1.96 bits per heavy atom. The molecule has 1 saturated heterocycles. The topological polar surface area (TPSA) is 114 Å². The van der Waals surface area contributed by atoms with E-state index in [1.165, 1.54) is 29.2 Å². The van der Waals surface area contributed by atoms with E-state index in [1.807, 2.05) is 0 Å². The van der Waals surface area contributed by atoms with Gasteiger partial charge in [0.1, 0.15) is 12.6 Å². The molecule has 1 unspecified atom stereocenters. The number of amides is 2. The fourth-order valence-corrected chi connectivity index (χ4v) is 2.62. The zero-order valence-corrected chi connectivity index (χ0v) is 14.5. The van der Waals surface area contributed by atoms with Crippen molar-refractivity contribution in [2.45, 2.75) is 13.0 Å². The number of nitro benzene ring substituents is 1. The van der Waals surface area contributed by atoms with Gasteiger partial charge in [0, 0.05) is 29.2 Å². The average Bonchev–Trinajstić information content (AvgIpc) is 3.08. The van der Waals surface area contributed by atoms with Crippen molar-refractivity contribution in [3.05, 3.63) is 58.6 Å². The van der Waals surface area contributed by atoms with Crippen LogP contribution in [-0.2, 0) is 9.53 Å². The van der Waals surface area contributed by atoms with Crippen molar-refractivity contribution >= 4 is 34.7 Å². The molecule has 27 heavy (non-hydrogen) atoms. The Bertz CT molecular complexity index is 868. The molecule has 0 bridgehead atoms. The fourth-order valence-electron chi connectivity index (χ4n) is 2.62. The molecule has 0 aliphatic carbocycles. The lowest BCUT2D eigenvalue weighted by molar-refractivity contribution is -0.384. The second kappa shape index (κ2) is 7.73. The van der Waals surface area contributed by atoms with Gasteiger partial charge in [-0.3, -0.25) is 19.8 Å². The van der Waals surface area contributed by atoms with Crippen molar-refractivity contribution < 1.29 is 19.2 Å². The molecular weight excluding hydrogens is 352 g/mol. The van der Waals surface area contributed by atoms with Gasteiger partial charge in [-0.2, -0.15) is 0 Å². The van der Waals surface area contributed by atoms with Crippen molar-refractivity contribution in [2.75, 3.05) is 28.7 Å². The van der Waals surface area contributed by atoms with E-state index >= 15 is 0 Å². The third-order valence-corrected chi connectivity index (χ3v) is 4.04. The van der Waals surface area contributed by atoms with Crippen molar-refractivity contribution in [2.24, 2.45) is 0 Å². The highest BCUT2D eigenvalue weighted by Crippen LogP contribution is 2.23. The van der Waals surface area contributed by atoms with Crippen LogP contribution in [0.2, 0.25) is 0 Å². The molecule has 0 aromatic heterocycles. The van der Waals surface area contributed by atoms with E-state index in [2.05, 4.69) is 10.6 Å². The average molecular weight is 370 g/mol. The van der Waals surface area contributed by atoms with E-state index in [0.717, 1.165) is 0 Å². The van der Waals surface area contributed by atoms with Gasteiger partial charge in [0.05, 0.1) is 11.5 Å². The predicted molar refractivity (Wildman–Crippen MR) is 99.9 cm³/mol. The van der Waals surface area contributed by atoms with Gasteiger partial charge in [0.2, 0.25) is 5.91 Å². The maximum Gasteiger partial charge on any atom is 0.414 e. The van der Waals surface area contributed by atoms with Crippen LogP contribution in [-0.4, -0.2) is 36.1 Å². The minimum Gasteiger partial charge on any atom is -0.447 e. The first-order valence-electron chi connectivity index (χ1n) is 8.30. The summed E-state index contributed by atoms with van der Waals surface area (Å²) in [7, 11) is 0. The third kappa shape index (κ3) is 4.32. The Morgan fingerprint density at radius 1 is 1.22 bits per heavy atom. The molecule has 140 valence electrons. The Morgan fingerprint density at radius 3 is 2.59 bits per heavy atom. The maximum atomic E-state index is 12.3. The van der Waals surface area contributed by atoms with Gasteiger partial charge >= 0.3 is 6.09 Å². The number of hydrogen-bond acceptors (Lipinski definition) is 6. The van der Waals surface area contributed by atoms with Gasteiger partial charge in [-0.1, -0.05) is 6.07 Å². The number of hydrogen-bond donors (Lipinski definition) is 2. The number of nitrogens with zero attached hydrogens (tertiary/aromatic N) is 2. The summed E-state index contributed by atoms with van der Waals surface area (Å²) in [6, 6.07) is 12.2. The molecule has 0 saturated carbocycles. The molecule has 1 aliphatic rings. The van der Waals surface area contributed by atoms with Crippen LogP contribution in [0.25, 0.3) is 0 Å². The second-order valence-corrected chi connectivity index (χ2v) is 5.98. The lowest BCUT2D eigenvalue weighted by Gasteiger charge is -2.18. The lowest BCUT2D eigenvalue weighted by atomic mass is 10.2. The molecule has 1 heterocycles. The summed E-state index contributed by atoms with van der Waals surface area (Å²) in [5, 5.41) is 16.4. The van der Waals surface area contributed by atoms with Crippen LogP contribution in [0, 0.1) is 10.1 Å². The van der Waals surface area contributed by atoms with Crippen LogP contribution in [0.4, 0.5) is 27.5 Å². The zero-order chi connectivity index (χ0) is 19.4. The minimum absolute atomic E-state index is 0.0450. The summed E-state index contributed by atoms with van der Waals surface area (Å²) in [6.45, 7) is 2.53. The van der Waals surface area contributed by atoms with E-state index in [1.54, 1.807) is 31.2 Å². The number of nitrogens with one attached hydrogen (secondary N) is 2. The zero-order valence-electron chi connectivity index (χ0n) is 14.5. The van der Waals surface area contributed by atoms with Crippen LogP contribution in [0.3, 0.4) is 0 Å². The third-order valence-electron chi connectivity index (χ3n) is 4.04. The first-order chi connectivity index (χ1) is 12.9. The van der Waals surface area contributed by atoms with Gasteiger partial charge in [-0.05, 0) is 37.3 Å². The summed E-state index contributed by atoms with van der Waals surface area (Å²) in [6.07, 6.45) is -0.392. The monoisotopic (exact) mass is 370 g/mol. The van der Waals surface area contributed by atoms with Gasteiger partial charge in [-0.25, -0.2) is 4.79 Å². The van der Waals surface area contributed by atoms with Crippen molar-refractivity contribution in [1.82, 2.24) is 0 Å². The Labute approximate surface area is 155 Å². The number of cyclic esters (lactones) is 1. The number of rotatable bonds is 6. The number of non-ortho nitro benzene ring substituents is 1. The summed E-state index contributed by atoms with van der Waals surface area (Å²) < 4.78 is 4.93. The van der Waals surface area contributed by atoms with E-state index < -0.39 is 17.1 Å². The minimum atomic E-state index is -0.569. The molecule has 2 amide bonds. The molecule has 3 rings (SSSR count). The molecule has 1 atom stereocenters. The normalized spacial score (nSPS) is 14.4. The highest BCUT2D eigenvalue weighted by molar-refractivity contribution is 5.96. The van der Waals surface area contributed by atoms with Crippen LogP contribution in [0.1, 0.15) is 6.92 Å². The van der Waals surface area contributed by atoms with Crippen molar-refractivity contribution in [1.29, 1.82) is 0 Å². The number of ether oxygens (including phenoxy) is 1. The smallest absolute Gasteiger partial charge is 0.414 e. The van der Waals surface area contributed by atoms with Gasteiger partial charge in [-0.15, -0.1) is 0 Å². The molecule has 0 radical (unpaired) electrons. The van der Waals surface area contributed by atoms with Crippen LogP contribution in [0.15, 0.2) is 48.5 Å². The highest BCUT2D eigenvalue weighted by atomic mass is 16.6. The standard InChI is InChI=1S/C18H18N4O5/c1-12(17(23)20-13-5-7-15(8-6-13)22(25)26)19-14-3-2-4-16(11-14)21-9-10-27-18(21)24/h2-8,11-12,19H,9-10H2,1H3,(H,20,23). The number of benzene rings is 2. The van der Waals surface area contributed by atoms with Crippen LogP contribution < -0.4 is 15.5 Å². The predicted octanol–water partition coefficient (Wildman–Crippen LogP) is 2.99. The summed E-state index contributed by atoms with van der Waals surface area (Å²) >= 11 is 0. The summed E-state index contributed by atoms with van der Waals surface area (Å²) in [5.74, 6) is -0.296. The van der Waals surface area contributed by atoms with Crippen LogP contribution in [0.5, 0.6) is 0 Å².